The topological polar surface area (TPSA) is 74.9 Å². The van der Waals surface area contributed by atoms with Crippen molar-refractivity contribution in [1.82, 2.24) is 9.97 Å². The Bertz CT molecular complexity index is 554. The monoisotopic (exact) mass is 287 g/mol. The van der Waals surface area contributed by atoms with Crippen LogP contribution in [-0.4, -0.2) is 21.1 Å². The first-order valence-electron chi connectivity index (χ1n) is 7.65. The summed E-state index contributed by atoms with van der Waals surface area (Å²) >= 11 is 0. The molecule has 1 aliphatic carbocycles. The van der Waals surface area contributed by atoms with Crippen molar-refractivity contribution in [3.63, 3.8) is 0 Å². The first-order chi connectivity index (χ1) is 10.1. The second-order valence-corrected chi connectivity index (χ2v) is 5.54. The molecular formula is C17H25N3O. The third-order valence-electron chi connectivity index (χ3n) is 3.66. The van der Waals surface area contributed by atoms with Gasteiger partial charge in [0, 0.05) is 11.7 Å². The lowest BCUT2D eigenvalue weighted by Crippen LogP contribution is -2.19. The summed E-state index contributed by atoms with van der Waals surface area (Å²) in [5, 5.41) is 10.2. The van der Waals surface area contributed by atoms with Crippen molar-refractivity contribution < 1.29 is 5.11 Å². The zero-order valence-corrected chi connectivity index (χ0v) is 12.8. The van der Waals surface area contributed by atoms with E-state index in [1.807, 2.05) is 19.1 Å². The van der Waals surface area contributed by atoms with Gasteiger partial charge in [-0.25, -0.2) is 4.98 Å². The maximum Gasteiger partial charge on any atom is 0.139 e. The molecule has 0 amide bonds. The van der Waals surface area contributed by atoms with Gasteiger partial charge in [0.25, 0.3) is 0 Å². The van der Waals surface area contributed by atoms with Gasteiger partial charge in [0.1, 0.15) is 11.9 Å². The number of imidazole rings is 1. The molecule has 1 aromatic heterocycles. The Hall–Kier alpha value is -1.65. The standard InChI is InChI=1S/C17H25N3O/c1-3-4-8-15-12(2)19-17(20-15)16(21)10-9-13-6-5-7-14(18)11-13/h4,8-11,14,16,21H,3,5-7,18H2,1-2H3,(H,19,20). The molecule has 0 aromatic carbocycles. The van der Waals surface area contributed by atoms with E-state index in [4.69, 9.17) is 5.73 Å². The highest BCUT2D eigenvalue weighted by Crippen LogP contribution is 2.20. The number of H-pyrrole nitrogens is 1. The highest BCUT2D eigenvalue weighted by molar-refractivity contribution is 5.47. The molecule has 4 nitrogen and oxygen atoms in total. The summed E-state index contributed by atoms with van der Waals surface area (Å²) < 4.78 is 0. The van der Waals surface area contributed by atoms with Crippen molar-refractivity contribution in [2.24, 2.45) is 5.73 Å². The smallest absolute Gasteiger partial charge is 0.139 e. The second-order valence-electron chi connectivity index (χ2n) is 5.54. The molecule has 1 heterocycles. The van der Waals surface area contributed by atoms with Crippen molar-refractivity contribution >= 4 is 6.08 Å². The minimum Gasteiger partial charge on any atom is -0.381 e. The van der Waals surface area contributed by atoms with E-state index in [0.717, 1.165) is 37.1 Å². The zero-order chi connectivity index (χ0) is 15.2. The van der Waals surface area contributed by atoms with Gasteiger partial charge in [-0.15, -0.1) is 0 Å². The van der Waals surface area contributed by atoms with Crippen LogP contribution in [0.3, 0.4) is 0 Å². The SMILES string of the molecule is CCC=Cc1nc(C(O)C=CC2=CC(N)CCC2)[nH]c1C. The van der Waals surface area contributed by atoms with Gasteiger partial charge in [-0.1, -0.05) is 30.7 Å². The van der Waals surface area contributed by atoms with Crippen molar-refractivity contribution in [1.29, 1.82) is 0 Å². The van der Waals surface area contributed by atoms with E-state index in [2.05, 4.69) is 29.0 Å². The first kappa shape index (κ1) is 15.7. The number of rotatable bonds is 5. The Morgan fingerprint density at radius 2 is 2.33 bits per heavy atom. The van der Waals surface area contributed by atoms with Crippen molar-refractivity contribution in [2.75, 3.05) is 0 Å². The first-order valence-corrected chi connectivity index (χ1v) is 7.65. The summed E-state index contributed by atoms with van der Waals surface area (Å²) in [4.78, 5) is 7.58. The number of allylic oxidation sites excluding steroid dienone is 3. The number of aryl methyl sites for hydroxylation is 1. The van der Waals surface area contributed by atoms with E-state index >= 15 is 0 Å². The Morgan fingerprint density at radius 1 is 1.52 bits per heavy atom. The molecule has 1 aliphatic rings. The average molecular weight is 287 g/mol. The molecule has 114 valence electrons. The number of nitrogens with zero attached hydrogens (tertiary/aromatic N) is 1. The second kappa shape index (κ2) is 7.38. The van der Waals surface area contributed by atoms with Crippen LogP contribution in [0.4, 0.5) is 0 Å². The molecule has 0 bridgehead atoms. The molecule has 2 unspecified atom stereocenters. The van der Waals surface area contributed by atoms with E-state index in [9.17, 15) is 5.11 Å². The highest BCUT2D eigenvalue weighted by Gasteiger charge is 2.12. The predicted octanol–water partition coefficient (Wildman–Crippen LogP) is 3.17. The van der Waals surface area contributed by atoms with Crippen LogP contribution in [0.5, 0.6) is 0 Å². The van der Waals surface area contributed by atoms with Crippen molar-refractivity contribution in [3.05, 3.63) is 47.1 Å². The highest BCUT2D eigenvalue weighted by atomic mass is 16.3. The number of nitrogens with one attached hydrogen (secondary N) is 1. The maximum atomic E-state index is 10.2. The largest absolute Gasteiger partial charge is 0.381 e. The molecule has 0 saturated heterocycles. The predicted molar refractivity (Wildman–Crippen MR) is 86.7 cm³/mol. The summed E-state index contributed by atoms with van der Waals surface area (Å²) in [6, 6.07) is 0.146. The van der Waals surface area contributed by atoms with E-state index in [0.29, 0.717) is 5.82 Å². The van der Waals surface area contributed by atoms with Crippen LogP contribution in [-0.2, 0) is 0 Å². The zero-order valence-electron chi connectivity index (χ0n) is 12.8. The van der Waals surface area contributed by atoms with Crippen LogP contribution < -0.4 is 5.73 Å². The molecule has 2 rings (SSSR count). The molecule has 0 spiro atoms. The lowest BCUT2D eigenvalue weighted by Gasteiger charge is -2.15. The van der Waals surface area contributed by atoms with Gasteiger partial charge in [-0.3, -0.25) is 0 Å². The van der Waals surface area contributed by atoms with Crippen LogP contribution in [0.2, 0.25) is 0 Å². The molecular weight excluding hydrogens is 262 g/mol. The molecule has 21 heavy (non-hydrogen) atoms. The number of aliphatic hydroxyl groups excluding tert-OH is 1. The third-order valence-corrected chi connectivity index (χ3v) is 3.66. The van der Waals surface area contributed by atoms with Gasteiger partial charge in [0.05, 0.1) is 5.69 Å². The Kier molecular flexibility index (Phi) is 5.53. The van der Waals surface area contributed by atoms with E-state index < -0.39 is 6.10 Å². The van der Waals surface area contributed by atoms with Crippen LogP contribution in [0, 0.1) is 6.92 Å². The Morgan fingerprint density at radius 3 is 3.05 bits per heavy atom. The normalized spacial score (nSPS) is 21.1. The quantitative estimate of drug-likeness (QED) is 0.778. The molecule has 0 fully saturated rings. The van der Waals surface area contributed by atoms with E-state index in [1.165, 1.54) is 5.57 Å². The van der Waals surface area contributed by atoms with Crippen LogP contribution in [0.1, 0.15) is 55.9 Å². The fourth-order valence-corrected chi connectivity index (χ4v) is 2.46. The number of nitrogens with two attached hydrogens (primary N) is 1. The van der Waals surface area contributed by atoms with Gasteiger partial charge in [-0.2, -0.15) is 0 Å². The van der Waals surface area contributed by atoms with E-state index in [-0.39, 0.29) is 6.04 Å². The summed E-state index contributed by atoms with van der Waals surface area (Å²) in [6.45, 7) is 4.05. The molecule has 2 atom stereocenters. The molecule has 1 aromatic rings. The van der Waals surface area contributed by atoms with Gasteiger partial charge in [-0.05, 0) is 44.8 Å². The van der Waals surface area contributed by atoms with Crippen LogP contribution in [0.25, 0.3) is 6.08 Å². The van der Waals surface area contributed by atoms with Gasteiger partial charge >= 0.3 is 0 Å². The van der Waals surface area contributed by atoms with Gasteiger partial charge < -0.3 is 15.8 Å². The molecule has 4 N–H and O–H groups in total. The number of hydrogen-bond acceptors (Lipinski definition) is 3. The fourth-order valence-electron chi connectivity index (χ4n) is 2.46. The maximum absolute atomic E-state index is 10.2. The number of aromatic amines is 1. The minimum atomic E-state index is -0.716. The summed E-state index contributed by atoms with van der Waals surface area (Å²) in [5.41, 5.74) is 8.97. The van der Waals surface area contributed by atoms with Crippen LogP contribution >= 0.6 is 0 Å². The summed E-state index contributed by atoms with van der Waals surface area (Å²) in [7, 11) is 0. The Labute approximate surface area is 126 Å². The number of aromatic nitrogens is 2. The lowest BCUT2D eigenvalue weighted by atomic mass is 9.96. The molecule has 4 heteroatoms. The lowest BCUT2D eigenvalue weighted by molar-refractivity contribution is 0.219. The Balaban J connectivity index is 2.06. The van der Waals surface area contributed by atoms with Gasteiger partial charge in [0.2, 0.25) is 0 Å². The van der Waals surface area contributed by atoms with Crippen molar-refractivity contribution in [3.8, 4) is 0 Å². The molecule has 0 aliphatic heterocycles. The van der Waals surface area contributed by atoms with Crippen molar-refractivity contribution in [2.45, 2.75) is 51.7 Å². The number of aliphatic hydroxyl groups is 1. The van der Waals surface area contributed by atoms with E-state index in [1.54, 1.807) is 6.08 Å². The molecule has 0 saturated carbocycles. The van der Waals surface area contributed by atoms with Gasteiger partial charge in [0.15, 0.2) is 0 Å². The molecule has 0 radical (unpaired) electrons. The fraction of sp³-hybridized carbons (Fsp3) is 0.471. The third kappa shape index (κ3) is 4.41. The van der Waals surface area contributed by atoms with Crippen LogP contribution in [0.15, 0.2) is 29.9 Å². The average Bonchev–Trinajstić information content (AvgIpc) is 2.84. The number of hydrogen-bond donors (Lipinski definition) is 3. The summed E-state index contributed by atoms with van der Waals surface area (Å²) in [6.07, 6.45) is 13.3. The summed E-state index contributed by atoms with van der Waals surface area (Å²) in [5.74, 6) is 0.584. The minimum absolute atomic E-state index is 0.146.